The summed E-state index contributed by atoms with van der Waals surface area (Å²) >= 11 is 5.90. The highest BCUT2D eigenvalue weighted by atomic mass is 35.5. The molecule has 2 aromatic rings. The van der Waals surface area contributed by atoms with Gasteiger partial charge in [0.15, 0.2) is 0 Å². The van der Waals surface area contributed by atoms with Crippen molar-refractivity contribution in [2.75, 3.05) is 7.05 Å². The van der Waals surface area contributed by atoms with Gasteiger partial charge in [0.05, 0.1) is 10.4 Å². The predicted octanol–water partition coefficient (Wildman–Crippen LogP) is 2.10. The molecule has 1 heterocycles. The van der Waals surface area contributed by atoms with E-state index in [1.54, 1.807) is 12.1 Å². The van der Waals surface area contributed by atoms with Crippen LogP contribution in [-0.4, -0.2) is 20.4 Å². The van der Waals surface area contributed by atoms with Gasteiger partial charge in [-0.15, -0.1) is 0 Å². The first-order valence-electron chi connectivity index (χ1n) is 4.94. The van der Waals surface area contributed by atoms with Crippen LogP contribution in [0.4, 0.5) is 0 Å². The molecule has 2 rings (SSSR count). The molecule has 1 aromatic carbocycles. The Morgan fingerprint density at radius 1 is 1.29 bits per heavy atom. The Labute approximate surface area is 105 Å². The van der Waals surface area contributed by atoms with Crippen molar-refractivity contribution in [3.63, 3.8) is 0 Å². The van der Waals surface area contributed by atoms with Crippen LogP contribution in [0, 0.1) is 6.92 Å². The number of hydrogen-bond acceptors (Lipinski definition) is 3. The number of aromatic nitrogens is 1. The molecule has 0 amide bonds. The summed E-state index contributed by atoms with van der Waals surface area (Å²) in [6, 6.07) is 6.55. The minimum Gasteiger partial charge on any atom is -0.236 e. The Hall–Kier alpha value is -1.17. The second-order valence-electron chi connectivity index (χ2n) is 3.66. The predicted molar refractivity (Wildman–Crippen MR) is 67.7 cm³/mol. The summed E-state index contributed by atoms with van der Waals surface area (Å²) < 4.78 is 25.6. The van der Waals surface area contributed by atoms with Crippen molar-refractivity contribution in [3.05, 3.63) is 35.0 Å². The molecule has 0 atom stereocenters. The SMILES string of the molecule is CNS(=O)(=O)c1ccc2nc(Cl)c(C)cc2c1. The summed E-state index contributed by atoms with van der Waals surface area (Å²) in [5.74, 6) is 0. The summed E-state index contributed by atoms with van der Waals surface area (Å²) in [5, 5.41) is 1.19. The minimum absolute atomic E-state index is 0.219. The third-order valence-electron chi connectivity index (χ3n) is 2.49. The fraction of sp³-hybridized carbons (Fsp3) is 0.182. The smallest absolute Gasteiger partial charge is 0.236 e. The average Bonchev–Trinajstić information content (AvgIpc) is 2.30. The Morgan fingerprint density at radius 3 is 2.65 bits per heavy atom. The van der Waals surface area contributed by atoms with Crippen molar-refractivity contribution in [2.24, 2.45) is 0 Å². The second kappa shape index (κ2) is 4.25. The van der Waals surface area contributed by atoms with E-state index in [0.29, 0.717) is 10.7 Å². The minimum atomic E-state index is -3.42. The molecule has 1 aromatic heterocycles. The van der Waals surface area contributed by atoms with Gasteiger partial charge in [0.25, 0.3) is 0 Å². The molecule has 0 saturated heterocycles. The summed E-state index contributed by atoms with van der Waals surface area (Å²) in [6.07, 6.45) is 0. The highest BCUT2D eigenvalue weighted by molar-refractivity contribution is 7.89. The molecule has 0 spiro atoms. The van der Waals surface area contributed by atoms with E-state index in [0.717, 1.165) is 10.9 Å². The van der Waals surface area contributed by atoms with Gasteiger partial charge in [0.1, 0.15) is 5.15 Å². The molecule has 0 aliphatic heterocycles. The number of nitrogens with zero attached hydrogens (tertiary/aromatic N) is 1. The van der Waals surface area contributed by atoms with Crippen LogP contribution in [0.25, 0.3) is 10.9 Å². The standard InChI is InChI=1S/C11H11ClN2O2S/c1-7-5-8-6-9(17(15,16)13-2)3-4-10(8)14-11(7)12/h3-6,13H,1-2H3. The lowest BCUT2D eigenvalue weighted by Crippen LogP contribution is -2.18. The molecule has 0 aliphatic carbocycles. The van der Waals surface area contributed by atoms with Crippen molar-refractivity contribution in [3.8, 4) is 0 Å². The van der Waals surface area contributed by atoms with Crippen molar-refractivity contribution < 1.29 is 8.42 Å². The van der Waals surface area contributed by atoms with Crippen LogP contribution in [0.1, 0.15) is 5.56 Å². The zero-order valence-electron chi connectivity index (χ0n) is 9.36. The van der Waals surface area contributed by atoms with Crippen molar-refractivity contribution in [1.29, 1.82) is 0 Å². The van der Waals surface area contributed by atoms with Gasteiger partial charge in [0.2, 0.25) is 10.0 Å². The number of nitrogens with one attached hydrogen (secondary N) is 1. The van der Waals surface area contributed by atoms with Crippen molar-refractivity contribution in [2.45, 2.75) is 11.8 Å². The van der Waals surface area contributed by atoms with E-state index in [4.69, 9.17) is 11.6 Å². The quantitative estimate of drug-likeness (QED) is 0.850. The van der Waals surface area contributed by atoms with Crippen molar-refractivity contribution in [1.82, 2.24) is 9.71 Å². The first-order valence-corrected chi connectivity index (χ1v) is 6.80. The molecule has 0 unspecified atom stereocenters. The second-order valence-corrected chi connectivity index (χ2v) is 5.90. The molecule has 17 heavy (non-hydrogen) atoms. The number of aryl methyl sites for hydroxylation is 1. The number of sulfonamides is 1. The normalized spacial score (nSPS) is 11.9. The number of rotatable bonds is 2. The summed E-state index contributed by atoms with van der Waals surface area (Å²) in [4.78, 5) is 4.39. The molecule has 6 heteroatoms. The first kappa shape index (κ1) is 12.3. The van der Waals surface area contributed by atoms with Crippen LogP contribution in [-0.2, 0) is 10.0 Å². The van der Waals surface area contributed by atoms with Gasteiger partial charge in [-0.3, -0.25) is 0 Å². The Balaban J connectivity index is 2.70. The van der Waals surface area contributed by atoms with Gasteiger partial charge in [-0.05, 0) is 43.8 Å². The van der Waals surface area contributed by atoms with Gasteiger partial charge in [-0.1, -0.05) is 11.6 Å². The molecule has 0 bridgehead atoms. The van der Waals surface area contributed by atoms with E-state index in [1.807, 2.05) is 13.0 Å². The lowest BCUT2D eigenvalue weighted by atomic mass is 10.2. The molecule has 0 fully saturated rings. The van der Waals surface area contributed by atoms with Crippen LogP contribution < -0.4 is 4.72 Å². The van der Waals surface area contributed by atoms with Crippen LogP contribution in [0.2, 0.25) is 5.15 Å². The highest BCUT2D eigenvalue weighted by Gasteiger charge is 2.12. The summed E-state index contributed by atoms with van der Waals surface area (Å²) in [5.41, 5.74) is 1.49. The Kier molecular flexibility index (Phi) is 3.07. The molecule has 90 valence electrons. The average molecular weight is 271 g/mol. The maximum atomic E-state index is 11.6. The van der Waals surface area contributed by atoms with E-state index in [-0.39, 0.29) is 4.90 Å². The third-order valence-corrected chi connectivity index (χ3v) is 4.29. The van der Waals surface area contributed by atoms with E-state index in [2.05, 4.69) is 9.71 Å². The molecule has 0 aliphatic rings. The highest BCUT2D eigenvalue weighted by Crippen LogP contribution is 2.22. The molecule has 0 radical (unpaired) electrons. The van der Waals surface area contributed by atoms with Gasteiger partial charge in [-0.2, -0.15) is 0 Å². The van der Waals surface area contributed by atoms with Gasteiger partial charge >= 0.3 is 0 Å². The van der Waals surface area contributed by atoms with E-state index >= 15 is 0 Å². The fourth-order valence-corrected chi connectivity index (χ4v) is 2.43. The molecule has 4 nitrogen and oxygen atoms in total. The van der Waals surface area contributed by atoms with Crippen LogP contribution in [0.3, 0.4) is 0 Å². The molecular weight excluding hydrogens is 260 g/mol. The number of benzene rings is 1. The van der Waals surface area contributed by atoms with Crippen LogP contribution in [0.5, 0.6) is 0 Å². The van der Waals surface area contributed by atoms with Crippen LogP contribution in [0.15, 0.2) is 29.2 Å². The Bertz CT molecular complexity index is 683. The lowest BCUT2D eigenvalue weighted by Gasteiger charge is -2.05. The largest absolute Gasteiger partial charge is 0.240 e. The van der Waals surface area contributed by atoms with E-state index in [1.165, 1.54) is 13.1 Å². The number of hydrogen-bond donors (Lipinski definition) is 1. The zero-order chi connectivity index (χ0) is 12.6. The third kappa shape index (κ3) is 2.26. The van der Waals surface area contributed by atoms with Gasteiger partial charge < -0.3 is 0 Å². The summed E-state index contributed by atoms with van der Waals surface area (Å²) in [7, 11) is -2.04. The maximum Gasteiger partial charge on any atom is 0.240 e. The lowest BCUT2D eigenvalue weighted by molar-refractivity contribution is 0.588. The fourth-order valence-electron chi connectivity index (χ4n) is 1.52. The number of halogens is 1. The summed E-state index contributed by atoms with van der Waals surface area (Å²) in [6.45, 7) is 1.83. The number of fused-ring (bicyclic) bond motifs is 1. The monoisotopic (exact) mass is 270 g/mol. The van der Waals surface area contributed by atoms with Crippen molar-refractivity contribution >= 4 is 32.5 Å². The van der Waals surface area contributed by atoms with Gasteiger partial charge in [0, 0.05) is 5.39 Å². The van der Waals surface area contributed by atoms with Gasteiger partial charge in [-0.25, -0.2) is 18.1 Å². The van der Waals surface area contributed by atoms with E-state index in [9.17, 15) is 8.42 Å². The number of pyridine rings is 1. The maximum absolute atomic E-state index is 11.6. The molecule has 0 saturated carbocycles. The van der Waals surface area contributed by atoms with Crippen LogP contribution >= 0.6 is 11.6 Å². The Morgan fingerprint density at radius 2 is 2.00 bits per heavy atom. The molecule has 1 N–H and O–H groups in total. The first-order chi connectivity index (χ1) is 7.94. The topological polar surface area (TPSA) is 59.1 Å². The van der Waals surface area contributed by atoms with E-state index < -0.39 is 10.0 Å². The molecular formula is C11H11ClN2O2S. The zero-order valence-corrected chi connectivity index (χ0v) is 10.9.